The molecule has 0 heterocycles. The molecule has 1 rings (SSSR count). The van der Waals surface area contributed by atoms with Crippen LogP contribution in [0.25, 0.3) is 6.08 Å². The lowest BCUT2D eigenvalue weighted by Crippen LogP contribution is -2.04. The quantitative estimate of drug-likeness (QED) is 0.897. The van der Waals surface area contributed by atoms with Crippen molar-refractivity contribution in [2.75, 3.05) is 6.61 Å². The van der Waals surface area contributed by atoms with Crippen molar-refractivity contribution in [1.29, 1.82) is 0 Å². The minimum absolute atomic E-state index is 0.0226. The van der Waals surface area contributed by atoms with Crippen LogP contribution < -0.4 is 0 Å². The molecule has 0 radical (unpaired) electrons. The van der Waals surface area contributed by atoms with Crippen LogP contribution in [0.15, 0.2) is 28.7 Å². The molecule has 0 fully saturated rings. The SMILES string of the molecule is OCCC=Cc1ccc(C(F)(F)F)cc1Br. The zero-order valence-electron chi connectivity index (χ0n) is 8.26. The van der Waals surface area contributed by atoms with E-state index in [1.165, 1.54) is 6.07 Å². The highest BCUT2D eigenvalue weighted by atomic mass is 79.9. The molecule has 16 heavy (non-hydrogen) atoms. The van der Waals surface area contributed by atoms with E-state index < -0.39 is 11.7 Å². The molecule has 0 saturated heterocycles. The zero-order valence-corrected chi connectivity index (χ0v) is 9.85. The van der Waals surface area contributed by atoms with E-state index in [2.05, 4.69) is 15.9 Å². The van der Waals surface area contributed by atoms with E-state index in [0.29, 0.717) is 16.5 Å². The Morgan fingerprint density at radius 3 is 2.50 bits per heavy atom. The topological polar surface area (TPSA) is 20.2 Å². The molecule has 0 aliphatic carbocycles. The number of halogens is 4. The monoisotopic (exact) mass is 294 g/mol. The number of hydrogen-bond acceptors (Lipinski definition) is 1. The van der Waals surface area contributed by atoms with E-state index in [4.69, 9.17) is 5.11 Å². The minimum atomic E-state index is -4.32. The van der Waals surface area contributed by atoms with Crippen molar-refractivity contribution in [3.8, 4) is 0 Å². The molecule has 0 atom stereocenters. The second kappa shape index (κ2) is 5.50. The summed E-state index contributed by atoms with van der Waals surface area (Å²) in [7, 11) is 0. The highest BCUT2D eigenvalue weighted by molar-refractivity contribution is 9.10. The predicted octanol–water partition coefficient (Wildman–Crippen LogP) is 3.86. The molecule has 5 heteroatoms. The summed E-state index contributed by atoms with van der Waals surface area (Å²) in [6.07, 6.45) is -0.475. The van der Waals surface area contributed by atoms with Crippen LogP contribution >= 0.6 is 15.9 Å². The average Bonchev–Trinajstić information content (AvgIpc) is 2.19. The van der Waals surface area contributed by atoms with Crippen LogP contribution in [-0.2, 0) is 6.18 Å². The van der Waals surface area contributed by atoms with Gasteiger partial charge in [-0.1, -0.05) is 34.1 Å². The standard InChI is InChI=1S/C11H10BrF3O/c12-10-7-9(11(13,14)15)5-4-8(10)3-1-2-6-16/h1,3-5,7,16H,2,6H2. The van der Waals surface area contributed by atoms with Gasteiger partial charge in [-0.15, -0.1) is 0 Å². The largest absolute Gasteiger partial charge is 0.416 e. The lowest BCUT2D eigenvalue weighted by atomic mass is 10.1. The summed E-state index contributed by atoms with van der Waals surface area (Å²) < 4.78 is 37.4. The van der Waals surface area contributed by atoms with Crippen molar-refractivity contribution in [3.63, 3.8) is 0 Å². The van der Waals surface area contributed by atoms with Crippen LogP contribution in [0.4, 0.5) is 13.2 Å². The maximum absolute atomic E-state index is 12.3. The number of benzene rings is 1. The summed E-state index contributed by atoms with van der Waals surface area (Å²) in [5, 5.41) is 8.55. The Balaban J connectivity index is 2.92. The van der Waals surface area contributed by atoms with Crippen molar-refractivity contribution in [2.24, 2.45) is 0 Å². The highest BCUT2D eigenvalue weighted by Gasteiger charge is 2.30. The first kappa shape index (κ1) is 13.3. The molecule has 1 N–H and O–H groups in total. The smallest absolute Gasteiger partial charge is 0.396 e. The van der Waals surface area contributed by atoms with Crippen molar-refractivity contribution in [3.05, 3.63) is 39.9 Å². The van der Waals surface area contributed by atoms with E-state index in [1.807, 2.05) is 0 Å². The number of alkyl halides is 3. The predicted molar refractivity (Wildman–Crippen MR) is 59.9 cm³/mol. The molecular formula is C11H10BrF3O. The van der Waals surface area contributed by atoms with E-state index in [9.17, 15) is 13.2 Å². The first-order valence-electron chi connectivity index (χ1n) is 4.59. The maximum atomic E-state index is 12.3. The van der Waals surface area contributed by atoms with Crippen LogP contribution in [0, 0.1) is 0 Å². The molecule has 0 amide bonds. The maximum Gasteiger partial charge on any atom is 0.416 e. The van der Waals surface area contributed by atoms with Gasteiger partial charge in [0.05, 0.1) is 5.56 Å². The van der Waals surface area contributed by atoms with E-state index in [0.717, 1.165) is 12.1 Å². The van der Waals surface area contributed by atoms with Crippen LogP contribution in [0.2, 0.25) is 0 Å². The van der Waals surface area contributed by atoms with Gasteiger partial charge in [0.25, 0.3) is 0 Å². The van der Waals surface area contributed by atoms with Crippen LogP contribution in [0.5, 0.6) is 0 Å². The summed E-state index contributed by atoms with van der Waals surface area (Å²) in [6, 6.07) is 3.46. The van der Waals surface area contributed by atoms with E-state index >= 15 is 0 Å². The fourth-order valence-corrected chi connectivity index (χ4v) is 1.63. The Morgan fingerprint density at radius 2 is 2.00 bits per heavy atom. The number of rotatable bonds is 3. The second-order valence-corrected chi connectivity index (χ2v) is 4.00. The summed E-state index contributed by atoms with van der Waals surface area (Å²) >= 11 is 3.08. The highest BCUT2D eigenvalue weighted by Crippen LogP contribution is 2.32. The summed E-state index contributed by atoms with van der Waals surface area (Å²) in [6.45, 7) is 0.0226. The van der Waals surface area contributed by atoms with E-state index in [-0.39, 0.29) is 6.61 Å². The van der Waals surface area contributed by atoms with Crippen molar-refractivity contribution in [1.82, 2.24) is 0 Å². The lowest BCUT2D eigenvalue weighted by Gasteiger charge is -2.08. The normalized spacial score (nSPS) is 12.3. The fraction of sp³-hybridized carbons (Fsp3) is 0.273. The third-order valence-corrected chi connectivity index (χ3v) is 2.61. The summed E-state index contributed by atoms with van der Waals surface area (Å²) in [4.78, 5) is 0. The van der Waals surface area contributed by atoms with Crippen molar-refractivity contribution in [2.45, 2.75) is 12.6 Å². The van der Waals surface area contributed by atoms with Gasteiger partial charge >= 0.3 is 6.18 Å². The Labute approximate surface area is 99.7 Å². The van der Waals surface area contributed by atoms with Gasteiger partial charge in [0, 0.05) is 11.1 Å². The molecule has 0 aromatic heterocycles. The first-order valence-corrected chi connectivity index (χ1v) is 5.38. The van der Waals surface area contributed by atoms with E-state index in [1.54, 1.807) is 12.2 Å². The molecular weight excluding hydrogens is 285 g/mol. The van der Waals surface area contributed by atoms with Gasteiger partial charge in [-0.25, -0.2) is 0 Å². The Morgan fingerprint density at radius 1 is 1.31 bits per heavy atom. The molecule has 88 valence electrons. The minimum Gasteiger partial charge on any atom is -0.396 e. The van der Waals surface area contributed by atoms with Crippen LogP contribution in [0.1, 0.15) is 17.5 Å². The van der Waals surface area contributed by atoms with Crippen LogP contribution in [0.3, 0.4) is 0 Å². The number of aliphatic hydroxyl groups excluding tert-OH is 1. The van der Waals surface area contributed by atoms with Gasteiger partial charge in [-0.2, -0.15) is 13.2 Å². The molecule has 0 aliphatic heterocycles. The first-order chi connectivity index (χ1) is 7.45. The van der Waals surface area contributed by atoms with Gasteiger partial charge in [-0.05, 0) is 24.1 Å². The van der Waals surface area contributed by atoms with Gasteiger partial charge in [0.2, 0.25) is 0 Å². The van der Waals surface area contributed by atoms with Gasteiger partial charge in [-0.3, -0.25) is 0 Å². The summed E-state index contributed by atoms with van der Waals surface area (Å²) in [5.41, 5.74) is -0.0277. The Kier molecular flexibility index (Phi) is 4.56. The lowest BCUT2D eigenvalue weighted by molar-refractivity contribution is -0.137. The molecule has 1 nitrogen and oxygen atoms in total. The Hall–Kier alpha value is -0.810. The van der Waals surface area contributed by atoms with Gasteiger partial charge < -0.3 is 5.11 Å². The van der Waals surface area contributed by atoms with Crippen molar-refractivity contribution < 1.29 is 18.3 Å². The summed E-state index contributed by atoms with van der Waals surface area (Å²) in [5.74, 6) is 0. The number of aliphatic hydroxyl groups is 1. The molecule has 1 aromatic rings. The Bertz CT molecular complexity index is 385. The van der Waals surface area contributed by atoms with Gasteiger partial charge in [0.15, 0.2) is 0 Å². The second-order valence-electron chi connectivity index (χ2n) is 3.15. The third kappa shape index (κ3) is 3.64. The number of hydrogen-bond donors (Lipinski definition) is 1. The van der Waals surface area contributed by atoms with Crippen molar-refractivity contribution >= 4 is 22.0 Å². The molecule has 0 saturated carbocycles. The molecule has 0 bridgehead atoms. The molecule has 0 unspecified atom stereocenters. The van der Waals surface area contributed by atoms with Gasteiger partial charge in [0.1, 0.15) is 0 Å². The molecule has 0 spiro atoms. The molecule has 1 aromatic carbocycles. The molecule has 0 aliphatic rings. The third-order valence-electron chi connectivity index (χ3n) is 1.92. The fourth-order valence-electron chi connectivity index (χ4n) is 1.12. The van der Waals surface area contributed by atoms with Crippen LogP contribution in [-0.4, -0.2) is 11.7 Å². The zero-order chi connectivity index (χ0) is 12.2. The average molecular weight is 295 g/mol.